The first-order valence-corrected chi connectivity index (χ1v) is 12.1. The topological polar surface area (TPSA) is 88.9 Å². The standard InChI is InChI=1S/C26H14BrN3O4S/c27-16-8-9-21-23(12-16)35-26(29-21)30(28-14-17-5-3-11-33-17)24(31)20-13-19-18-6-2-1-4-15(18)7-10-22(19)34-25(20)32/h1-14H/b28-14+. The molecule has 3 heterocycles. The van der Waals surface area contributed by atoms with Crippen LogP contribution >= 0.6 is 27.3 Å². The molecule has 9 heteroatoms. The Kier molecular flexibility index (Phi) is 5.28. The molecule has 0 aliphatic rings. The maximum absolute atomic E-state index is 13.7. The average Bonchev–Trinajstić information content (AvgIpc) is 3.53. The van der Waals surface area contributed by atoms with Crippen LogP contribution < -0.4 is 10.6 Å². The third-order valence-electron chi connectivity index (χ3n) is 5.43. The molecule has 0 radical (unpaired) electrons. The molecule has 0 fully saturated rings. The lowest BCUT2D eigenvalue weighted by atomic mass is 10.0. The van der Waals surface area contributed by atoms with Crippen molar-refractivity contribution in [3.63, 3.8) is 0 Å². The van der Waals surface area contributed by atoms with E-state index in [1.165, 1.54) is 23.8 Å². The quantitative estimate of drug-likeness (QED) is 0.108. The van der Waals surface area contributed by atoms with Gasteiger partial charge in [0.25, 0.3) is 5.91 Å². The van der Waals surface area contributed by atoms with Crippen LogP contribution in [0.1, 0.15) is 16.1 Å². The summed E-state index contributed by atoms with van der Waals surface area (Å²) < 4.78 is 12.6. The lowest BCUT2D eigenvalue weighted by Crippen LogP contribution is -2.30. The highest BCUT2D eigenvalue weighted by Crippen LogP contribution is 2.32. The number of aromatic nitrogens is 1. The smallest absolute Gasteiger partial charge is 0.349 e. The summed E-state index contributed by atoms with van der Waals surface area (Å²) in [4.78, 5) is 31.2. The summed E-state index contributed by atoms with van der Waals surface area (Å²) in [6.45, 7) is 0. The van der Waals surface area contributed by atoms with Crippen LogP contribution in [0.25, 0.3) is 32.0 Å². The lowest BCUT2D eigenvalue weighted by Gasteiger charge is -2.13. The Morgan fingerprint density at radius 2 is 1.91 bits per heavy atom. The third kappa shape index (κ3) is 3.94. The van der Waals surface area contributed by atoms with Gasteiger partial charge < -0.3 is 8.83 Å². The van der Waals surface area contributed by atoms with Gasteiger partial charge in [-0.25, -0.2) is 9.78 Å². The Bertz CT molecular complexity index is 1820. The minimum Gasteiger partial charge on any atom is -0.463 e. The largest absolute Gasteiger partial charge is 0.463 e. The van der Waals surface area contributed by atoms with Crippen molar-refractivity contribution in [2.75, 3.05) is 5.01 Å². The Hall–Kier alpha value is -4.08. The second-order valence-electron chi connectivity index (χ2n) is 7.63. The molecule has 0 aliphatic heterocycles. The summed E-state index contributed by atoms with van der Waals surface area (Å²) >= 11 is 4.73. The summed E-state index contributed by atoms with van der Waals surface area (Å²) in [5, 5.41) is 8.25. The number of furan rings is 1. The van der Waals surface area contributed by atoms with Gasteiger partial charge in [0.05, 0.1) is 22.7 Å². The molecule has 0 atom stereocenters. The number of carbonyl (C=O) groups is 1. The number of nitrogens with zero attached hydrogens (tertiary/aromatic N) is 3. The molecular weight excluding hydrogens is 530 g/mol. The van der Waals surface area contributed by atoms with E-state index in [0.717, 1.165) is 25.0 Å². The fourth-order valence-corrected chi connectivity index (χ4v) is 5.25. The molecule has 3 aromatic carbocycles. The van der Waals surface area contributed by atoms with E-state index in [0.29, 0.717) is 27.4 Å². The van der Waals surface area contributed by atoms with E-state index in [9.17, 15) is 9.59 Å². The monoisotopic (exact) mass is 543 g/mol. The van der Waals surface area contributed by atoms with Crippen molar-refractivity contribution < 1.29 is 13.6 Å². The van der Waals surface area contributed by atoms with Gasteiger partial charge in [-0.3, -0.25) is 4.79 Å². The Morgan fingerprint density at radius 1 is 1.03 bits per heavy atom. The normalized spacial score (nSPS) is 11.7. The highest BCUT2D eigenvalue weighted by Gasteiger charge is 2.25. The molecule has 0 saturated carbocycles. The van der Waals surface area contributed by atoms with E-state index < -0.39 is 11.5 Å². The van der Waals surface area contributed by atoms with Crippen LogP contribution in [0.5, 0.6) is 0 Å². The molecule has 35 heavy (non-hydrogen) atoms. The number of halogens is 1. The zero-order valence-electron chi connectivity index (χ0n) is 17.8. The Labute approximate surface area is 210 Å². The molecule has 170 valence electrons. The van der Waals surface area contributed by atoms with Gasteiger partial charge in [0.2, 0.25) is 5.13 Å². The summed E-state index contributed by atoms with van der Waals surface area (Å²) in [7, 11) is 0. The molecule has 0 spiro atoms. The maximum atomic E-state index is 13.7. The molecule has 6 aromatic rings. The predicted octanol–water partition coefficient (Wildman–Crippen LogP) is 6.59. The minimum atomic E-state index is -0.750. The van der Waals surface area contributed by atoms with E-state index in [4.69, 9.17) is 8.83 Å². The number of amides is 1. The number of hydrogen-bond donors (Lipinski definition) is 0. The number of benzene rings is 3. The van der Waals surface area contributed by atoms with Crippen molar-refractivity contribution in [1.82, 2.24) is 4.98 Å². The number of hydrazone groups is 1. The van der Waals surface area contributed by atoms with Gasteiger partial charge >= 0.3 is 5.63 Å². The van der Waals surface area contributed by atoms with Crippen molar-refractivity contribution in [1.29, 1.82) is 0 Å². The first kappa shape index (κ1) is 21.5. The Balaban J connectivity index is 1.52. The van der Waals surface area contributed by atoms with Crippen LogP contribution in [0.15, 0.2) is 102 Å². The van der Waals surface area contributed by atoms with Crippen LogP contribution in [-0.4, -0.2) is 17.1 Å². The van der Waals surface area contributed by atoms with Crippen LogP contribution in [-0.2, 0) is 0 Å². The summed E-state index contributed by atoms with van der Waals surface area (Å²) in [5.41, 5.74) is 0.210. The number of rotatable bonds is 4. The molecule has 1 amide bonds. The van der Waals surface area contributed by atoms with E-state index in [2.05, 4.69) is 26.0 Å². The molecule has 0 N–H and O–H groups in total. The van der Waals surface area contributed by atoms with Crippen LogP contribution in [0.4, 0.5) is 5.13 Å². The van der Waals surface area contributed by atoms with Crippen LogP contribution in [0, 0.1) is 0 Å². The SMILES string of the molecule is O=C(c1cc2c(ccc3ccccc32)oc1=O)N(/N=C/c1ccco1)c1nc2ccc(Br)cc2s1. The van der Waals surface area contributed by atoms with E-state index >= 15 is 0 Å². The van der Waals surface area contributed by atoms with Crippen molar-refractivity contribution in [2.45, 2.75) is 0 Å². The fourth-order valence-electron chi connectivity index (χ4n) is 3.78. The first-order chi connectivity index (χ1) is 17.1. The van der Waals surface area contributed by atoms with Gasteiger partial charge in [-0.15, -0.1) is 0 Å². The molecule has 3 aromatic heterocycles. The Morgan fingerprint density at radius 3 is 2.77 bits per heavy atom. The van der Waals surface area contributed by atoms with Crippen molar-refractivity contribution in [3.05, 3.63) is 105 Å². The second-order valence-corrected chi connectivity index (χ2v) is 9.56. The molecule has 7 nitrogen and oxygen atoms in total. The second kappa shape index (κ2) is 8.61. The minimum absolute atomic E-state index is 0.147. The zero-order chi connectivity index (χ0) is 23.9. The van der Waals surface area contributed by atoms with Gasteiger partial charge in [0.1, 0.15) is 16.9 Å². The van der Waals surface area contributed by atoms with Crippen molar-refractivity contribution >= 4 is 76.5 Å². The number of anilines is 1. The lowest BCUT2D eigenvalue weighted by molar-refractivity contribution is 0.0984. The number of carbonyl (C=O) groups excluding carboxylic acids is 1. The molecule has 0 aliphatic carbocycles. The van der Waals surface area contributed by atoms with Gasteiger partial charge in [0.15, 0.2) is 0 Å². The highest BCUT2D eigenvalue weighted by atomic mass is 79.9. The summed E-state index contributed by atoms with van der Waals surface area (Å²) in [5.74, 6) is -0.210. The average molecular weight is 544 g/mol. The van der Waals surface area contributed by atoms with Crippen LogP contribution in [0.2, 0.25) is 0 Å². The fraction of sp³-hybridized carbons (Fsp3) is 0. The number of thiazole rings is 1. The van der Waals surface area contributed by atoms with Crippen molar-refractivity contribution in [2.24, 2.45) is 5.10 Å². The summed E-state index contributed by atoms with van der Waals surface area (Å²) in [6.07, 6.45) is 2.91. The van der Waals surface area contributed by atoms with E-state index in [1.807, 2.05) is 48.5 Å². The molecule has 0 unspecified atom stereocenters. The first-order valence-electron chi connectivity index (χ1n) is 10.5. The van der Waals surface area contributed by atoms with Gasteiger partial charge in [0, 0.05) is 9.86 Å². The van der Waals surface area contributed by atoms with Gasteiger partial charge in [-0.1, -0.05) is 57.6 Å². The highest BCUT2D eigenvalue weighted by molar-refractivity contribution is 9.10. The van der Waals surface area contributed by atoms with Crippen LogP contribution in [0.3, 0.4) is 0 Å². The molecule has 6 rings (SSSR count). The molecule has 0 saturated heterocycles. The summed E-state index contributed by atoms with van der Waals surface area (Å²) in [6, 6.07) is 21.9. The van der Waals surface area contributed by atoms with E-state index in [1.54, 1.807) is 24.3 Å². The number of hydrogen-bond acceptors (Lipinski definition) is 7. The van der Waals surface area contributed by atoms with Crippen molar-refractivity contribution in [3.8, 4) is 0 Å². The predicted molar refractivity (Wildman–Crippen MR) is 140 cm³/mol. The maximum Gasteiger partial charge on any atom is 0.349 e. The van der Waals surface area contributed by atoms with Gasteiger partial charge in [-0.05, 0) is 53.2 Å². The van der Waals surface area contributed by atoms with E-state index in [-0.39, 0.29) is 5.56 Å². The zero-order valence-corrected chi connectivity index (χ0v) is 20.2. The third-order valence-corrected chi connectivity index (χ3v) is 6.92. The number of fused-ring (bicyclic) bond motifs is 4. The molecule has 0 bridgehead atoms. The molecular formula is C26H14BrN3O4S. The van der Waals surface area contributed by atoms with Gasteiger partial charge in [-0.2, -0.15) is 10.1 Å².